The van der Waals surface area contributed by atoms with Crippen molar-refractivity contribution in [3.63, 3.8) is 0 Å². The van der Waals surface area contributed by atoms with E-state index in [1.165, 1.54) is 22.9 Å². The maximum Gasteiger partial charge on any atom is 0.250 e. The molecule has 0 aliphatic heterocycles. The minimum Gasteiger partial charge on any atom is -0.439 e. The highest BCUT2D eigenvalue weighted by atomic mass is 16.5. The van der Waals surface area contributed by atoms with Crippen molar-refractivity contribution >= 4 is 5.91 Å². The Morgan fingerprint density at radius 3 is 2.66 bits per heavy atom. The monoisotopic (exact) mass is 387 g/mol. The van der Waals surface area contributed by atoms with Gasteiger partial charge in [-0.25, -0.2) is 4.98 Å². The lowest BCUT2D eigenvalue weighted by Crippen LogP contribution is -2.26. The van der Waals surface area contributed by atoms with Crippen LogP contribution in [0.25, 0.3) is 0 Å². The zero-order chi connectivity index (χ0) is 20.2. The molecule has 0 radical (unpaired) electrons. The van der Waals surface area contributed by atoms with Crippen molar-refractivity contribution in [3.05, 3.63) is 89.1 Å². The number of fused-ring (bicyclic) bond motifs is 1. The number of pyridine rings is 1. The van der Waals surface area contributed by atoms with Crippen LogP contribution < -0.4 is 15.8 Å². The van der Waals surface area contributed by atoms with E-state index in [2.05, 4.69) is 53.6 Å². The molecule has 3 N–H and O–H groups in total. The van der Waals surface area contributed by atoms with Crippen LogP contribution in [0.3, 0.4) is 0 Å². The topological polar surface area (TPSA) is 77.2 Å². The summed E-state index contributed by atoms with van der Waals surface area (Å²) in [5.74, 6) is 1.29. The largest absolute Gasteiger partial charge is 0.439 e. The fourth-order valence-electron chi connectivity index (χ4n) is 3.80. The van der Waals surface area contributed by atoms with Crippen LogP contribution in [0, 0.1) is 5.92 Å². The molecular weight excluding hydrogens is 362 g/mol. The standard InChI is InChI=1S/C24H25N3O2/c1-16(18-5-3-2-4-6-18)26-14-17-11-19-7-9-22(13-21(19)12-17)29-23-10-8-20(15-27-23)24(25)28/h2-10,13,15-17,26H,11-12,14H2,1H3,(H2,25,28). The molecule has 0 fully saturated rings. The molecule has 5 heteroatoms. The molecule has 4 rings (SSSR count). The summed E-state index contributed by atoms with van der Waals surface area (Å²) in [6.45, 7) is 3.19. The second-order valence-corrected chi connectivity index (χ2v) is 7.60. The first-order chi connectivity index (χ1) is 14.1. The molecule has 0 saturated heterocycles. The van der Waals surface area contributed by atoms with E-state index in [4.69, 9.17) is 10.5 Å². The van der Waals surface area contributed by atoms with E-state index in [1.807, 2.05) is 12.1 Å². The van der Waals surface area contributed by atoms with Gasteiger partial charge in [0, 0.05) is 18.3 Å². The molecule has 2 unspecified atom stereocenters. The molecular formula is C24H25N3O2. The van der Waals surface area contributed by atoms with Crippen molar-refractivity contribution < 1.29 is 9.53 Å². The fourth-order valence-corrected chi connectivity index (χ4v) is 3.80. The molecule has 2 atom stereocenters. The molecule has 1 aromatic heterocycles. The summed E-state index contributed by atoms with van der Waals surface area (Å²) in [4.78, 5) is 15.3. The molecule has 3 aromatic rings. The van der Waals surface area contributed by atoms with Gasteiger partial charge in [0.25, 0.3) is 0 Å². The highest BCUT2D eigenvalue weighted by Crippen LogP contribution is 2.31. The Balaban J connectivity index is 1.35. The van der Waals surface area contributed by atoms with Crippen LogP contribution in [0.5, 0.6) is 11.6 Å². The first kappa shape index (κ1) is 19.2. The van der Waals surface area contributed by atoms with Gasteiger partial charge < -0.3 is 15.8 Å². The Morgan fingerprint density at radius 1 is 1.14 bits per heavy atom. The van der Waals surface area contributed by atoms with Crippen molar-refractivity contribution in [2.75, 3.05) is 6.54 Å². The Kier molecular flexibility index (Phi) is 5.58. The smallest absolute Gasteiger partial charge is 0.250 e. The van der Waals surface area contributed by atoms with Crippen molar-refractivity contribution in [2.24, 2.45) is 11.7 Å². The van der Waals surface area contributed by atoms with Crippen LogP contribution >= 0.6 is 0 Å². The van der Waals surface area contributed by atoms with Gasteiger partial charge >= 0.3 is 0 Å². The van der Waals surface area contributed by atoms with E-state index in [0.717, 1.165) is 25.1 Å². The number of aromatic nitrogens is 1. The van der Waals surface area contributed by atoms with Crippen LogP contribution in [0.2, 0.25) is 0 Å². The fraction of sp³-hybridized carbons (Fsp3) is 0.250. The number of rotatable bonds is 7. The van der Waals surface area contributed by atoms with Gasteiger partial charge in [-0.2, -0.15) is 0 Å². The van der Waals surface area contributed by atoms with Gasteiger partial charge in [-0.05, 0) is 67.1 Å². The minimum atomic E-state index is -0.497. The third-order valence-corrected chi connectivity index (χ3v) is 5.45. The Labute approximate surface area is 170 Å². The predicted molar refractivity (Wildman–Crippen MR) is 113 cm³/mol. The number of nitrogens with two attached hydrogens (primary N) is 1. The first-order valence-electron chi connectivity index (χ1n) is 9.92. The van der Waals surface area contributed by atoms with Gasteiger partial charge in [-0.15, -0.1) is 0 Å². The third-order valence-electron chi connectivity index (χ3n) is 5.45. The Bertz CT molecular complexity index is 987. The maximum absolute atomic E-state index is 11.1. The van der Waals surface area contributed by atoms with Gasteiger partial charge in [0.2, 0.25) is 11.8 Å². The van der Waals surface area contributed by atoms with Crippen LogP contribution in [0.1, 0.15) is 40.0 Å². The molecule has 1 amide bonds. The Morgan fingerprint density at radius 2 is 1.93 bits per heavy atom. The molecule has 1 heterocycles. The minimum absolute atomic E-state index is 0.341. The number of primary amides is 1. The molecule has 0 spiro atoms. The van der Waals surface area contributed by atoms with Crippen molar-refractivity contribution in [1.82, 2.24) is 10.3 Å². The number of hydrogen-bond donors (Lipinski definition) is 2. The van der Waals surface area contributed by atoms with Crippen LogP contribution in [-0.4, -0.2) is 17.4 Å². The van der Waals surface area contributed by atoms with Gasteiger partial charge in [0.1, 0.15) is 5.75 Å². The van der Waals surface area contributed by atoms with E-state index < -0.39 is 5.91 Å². The van der Waals surface area contributed by atoms with E-state index in [1.54, 1.807) is 12.1 Å². The van der Waals surface area contributed by atoms with Gasteiger partial charge in [0.05, 0.1) is 5.56 Å². The third kappa shape index (κ3) is 4.63. The highest BCUT2D eigenvalue weighted by molar-refractivity contribution is 5.92. The summed E-state index contributed by atoms with van der Waals surface area (Å²) in [6, 6.07) is 20.4. The number of carbonyl (C=O) groups excluding carboxylic acids is 1. The summed E-state index contributed by atoms with van der Waals surface area (Å²) >= 11 is 0. The number of ether oxygens (including phenoxy) is 1. The molecule has 29 heavy (non-hydrogen) atoms. The number of carbonyl (C=O) groups is 1. The van der Waals surface area contributed by atoms with E-state index in [9.17, 15) is 4.79 Å². The maximum atomic E-state index is 11.1. The highest BCUT2D eigenvalue weighted by Gasteiger charge is 2.22. The van der Waals surface area contributed by atoms with E-state index in [-0.39, 0.29) is 0 Å². The average molecular weight is 387 g/mol. The summed E-state index contributed by atoms with van der Waals surface area (Å²) in [5.41, 5.74) is 9.63. The molecule has 5 nitrogen and oxygen atoms in total. The Hall–Kier alpha value is -3.18. The summed E-state index contributed by atoms with van der Waals surface area (Å²) < 4.78 is 5.85. The molecule has 0 saturated carbocycles. The SMILES string of the molecule is CC(NCC1Cc2ccc(Oc3ccc(C(N)=O)cn3)cc2C1)c1ccccc1. The van der Waals surface area contributed by atoms with Crippen molar-refractivity contribution in [3.8, 4) is 11.6 Å². The van der Waals surface area contributed by atoms with Crippen LogP contribution in [0.15, 0.2) is 66.9 Å². The second kappa shape index (κ2) is 8.45. The lowest BCUT2D eigenvalue weighted by molar-refractivity contribution is 0.1000. The first-order valence-corrected chi connectivity index (χ1v) is 9.92. The quantitative estimate of drug-likeness (QED) is 0.641. The second-order valence-electron chi connectivity index (χ2n) is 7.60. The van der Waals surface area contributed by atoms with Crippen molar-refractivity contribution in [1.29, 1.82) is 0 Å². The van der Waals surface area contributed by atoms with Gasteiger partial charge in [-0.3, -0.25) is 4.79 Å². The summed E-state index contributed by atoms with van der Waals surface area (Å²) in [7, 11) is 0. The van der Waals surface area contributed by atoms with Crippen LogP contribution in [0.4, 0.5) is 0 Å². The molecule has 1 aliphatic rings. The van der Waals surface area contributed by atoms with Crippen molar-refractivity contribution in [2.45, 2.75) is 25.8 Å². The van der Waals surface area contributed by atoms with Gasteiger partial charge in [-0.1, -0.05) is 36.4 Å². The summed E-state index contributed by atoms with van der Waals surface area (Å²) in [6.07, 6.45) is 3.55. The number of benzene rings is 2. The van der Waals surface area contributed by atoms with E-state index >= 15 is 0 Å². The molecule has 1 aliphatic carbocycles. The predicted octanol–water partition coefficient (Wildman–Crippen LogP) is 4.04. The average Bonchev–Trinajstić information content (AvgIpc) is 3.15. The summed E-state index contributed by atoms with van der Waals surface area (Å²) in [5, 5.41) is 3.67. The van der Waals surface area contributed by atoms with Crippen LogP contribution in [-0.2, 0) is 12.8 Å². The van der Waals surface area contributed by atoms with Gasteiger partial charge in [0.15, 0.2) is 0 Å². The lowest BCUT2D eigenvalue weighted by atomic mass is 10.0. The molecule has 0 bridgehead atoms. The number of amides is 1. The lowest BCUT2D eigenvalue weighted by Gasteiger charge is -2.17. The molecule has 148 valence electrons. The number of hydrogen-bond acceptors (Lipinski definition) is 4. The number of nitrogens with zero attached hydrogens (tertiary/aromatic N) is 1. The normalized spacial score (nSPS) is 16.2. The molecule has 2 aromatic carbocycles. The zero-order valence-corrected chi connectivity index (χ0v) is 16.5. The van der Waals surface area contributed by atoms with E-state index in [0.29, 0.717) is 23.4 Å². The zero-order valence-electron chi connectivity index (χ0n) is 16.5. The number of nitrogens with one attached hydrogen (secondary N) is 1.